The highest BCUT2D eigenvalue weighted by atomic mass is 19.4. The third kappa shape index (κ3) is 3.17. The molecular weight excluding hydrogens is 259 g/mol. The third-order valence-electron chi connectivity index (χ3n) is 3.02. The number of hydrogen-bond donors (Lipinski definition) is 3. The van der Waals surface area contributed by atoms with Gasteiger partial charge in [-0.1, -0.05) is 0 Å². The fourth-order valence-electron chi connectivity index (χ4n) is 1.97. The number of alkyl halides is 3. The van der Waals surface area contributed by atoms with Crippen molar-refractivity contribution >= 4 is 17.3 Å². The second-order valence-corrected chi connectivity index (χ2v) is 4.44. The van der Waals surface area contributed by atoms with Crippen LogP contribution in [-0.4, -0.2) is 18.5 Å². The molecule has 1 aromatic carbocycles. The van der Waals surface area contributed by atoms with Crippen LogP contribution in [0.15, 0.2) is 18.2 Å². The molecule has 1 aromatic rings. The second kappa shape index (κ2) is 5.08. The van der Waals surface area contributed by atoms with Crippen LogP contribution in [0.3, 0.4) is 0 Å². The van der Waals surface area contributed by atoms with Crippen molar-refractivity contribution in [1.29, 1.82) is 0 Å². The molecule has 4 N–H and O–H groups in total. The minimum atomic E-state index is -4.46. The number of nitrogens with one attached hydrogen (secondary N) is 2. The van der Waals surface area contributed by atoms with Gasteiger partial charge in [-0.25, -0.2) is 0 Å². The van der Waals surface area contributed by atoms with Gasteiger partial charge >= 0.3 is 6.18 Å². The molecule has 1 saturated heterocycles. The van der Waals surface area contributed by atoms with Crippen molar-refractivity contribution in [3.05, 3.63) is 23.8 Å². The molecule has 7 heteroatoms. The Kier molecular flexibility index (Phi) is 3.66. The third-order valence-corrected chi connectivity index (χ3v) is 3.02. The van der Waals surface area contributed by atoms with Crippen LogP contribution in [0, 0.1) is 0 Å². The largest absolute Gasteiger partial charge is 0.416 e. The normalized spacial score (nSPS) is 19.4. The predicted octanol–water partition coefficient (Wildman–Crippen LogP) is 1.98. The number of anilines is 2. The first-order chi connectivity index (χ1) is 8.88. The first kappa shape index (κ1) is 13.7. The van der Waals surface area contributed by atoms with Crippen molar-refractivity contribution in [2.45, 2.75) is 25.1 Å². The Bertz CT molecular complexity index is 482. The minimum Gasteiger partial charge on any atom is -0.397 e. The maximum absolute atomic E-state index is 12.6. The highest BCUT2D eigenvalue weighted by molar-refractivity contribution is 5.97. The van der Waals surface area contributed by atoms with Gasteiger partial charge in [0.2, 0.25) is 5.91 Å². The van der Waals surface area contributed by atoms with Crippen molar-refractivity contribution in [2.75, 3.05) is 17.6 Å². The van der Waals surface area contributed by atoms with Crippen LogP contribution < -0.4 is 16.4 Å². The van der Waals surface area contributed by atoms with Gasteiger partial charge < -0.3 is 16.4 Å². The van der Waals surface area contributed by atoms with Crippen molar-refractivity contribution in [3.63, 3.8) is 0 Å². The van der Waals surface area contributed by atoms with E-state index in [1.807, 2.05) is 0 Å². The zero-order chi connectivity index (χ0) is 14.0. The standard InChI is InChI=1S/C12H14F3N3O/c13-12(14,15)7-3-4-8(16)10(6-7)18-11(19)9-2-1-5-17-9/h3-4,6,9,17H,1-2,5,16H2,(H,18,19). The number of amides is 1. The van der Waals surface area contributed by atoms with Gasteiger partial charge in [0.25, 0.3) is 0 Å². The van der Waals surface area contributed by atoms with E-state index in [1.165, 1.54) is 0 Å². The summed E-state index contributed by atoms with van der Waals surface area (Å²) in [5.74, 6) is -0.358. The van der Waals surface area contributed by atoms with Crippen LogP contribution in [-0.2, 0) is 11.0 Å². The van der Waals surface area contributed by atoms with Crippen LogP contribution in [0.4, 0.5) is 24.5 Å². The summed E-state index contributed by atoms with van der Waals surface area (Å²) in [6, 6.07) is 2.51. The number of carbonyl (C=O) groups excluding carboxylic acids is 1. The highest BCUT2D eigenvalue weighted by Crippen LogP contribution is 2.33. The molecule has 104 valence electrons. The van der Waals surface area contributed by atoms with E-state index in [9.17, 15) is 18.0 Å². The average molecular weight is 273 g/mol. The van der Waals surface area contributed by atoms with E-state index in [4.69, 9.17) is 5.73 Å². The van der Waals surface area contributed by atoms with Crippen LogP contribution in [0.5, 0.6) is 0 Å². The van der Waals surface area contributed by atoms with E-state index in [1.54, 1.807) is 0 Å². The molecule has 0 spiro atoms. The SMILES string of the molecule is Nc1ccc(C(F)(F)F)cc1NC(=O)C1CCCN1. The molecule has 1 aliphatic heterocycles. The summed E-state index contributed by atoms with van der Waals surface area (Å²) in [4.78, 5) is 11.8. The topological polar surface area (TPSA) is 67.1 Å². The number of hydrogen-bond acceptors (Lipinski definition) is 3. The van der Waals surface area contributed by atoms with E-state index in [-0.39, 0.29) is 23.3 Å². The van der Waals surface area contributed by atoms with Crippen molar-refractivity contribution in [2.24, 2.45) is 0 Å². The molecule has 1 atom stereocenters. The van der Waals surface area contributed by atoms with Gasteiger partial charge in [0, 0.05) is 0 Å². The number of benzene rings is 1. The second-order valence-electron chi connectivity index (χ2n) is 4.44. The lowest BCUT2D eigenvalue weighted by Crippen LogP contribution is -2.35. The Morgan fingerprint density at radius 1 is 1.42 bits per heavy atom. The first-order valence-electron chi connectivity index (χ1n) is 5.89. The first-order valence-corrected chi connectivity index (χ1v) is 5.89. The number of rotatable bonds is 2. The molecule has 0 saturated carbocycles. The van der Waals surface area contributed by atoms with E-state index in [0.29, 0.717) is 6.42 Å². The van der Waals surface area contributed by atoms with Gasteiger partial charge in [-0.2, -0.15) is 13.2 Å². The molecule has 19 heavy (non-hydrogen) atoms. The summed E-state index contributed by atoms with van der Waals surface area (Å²) >= 11 is 0. The minimum absolute atomic E-state index is 0.00600. The fourth-order valence-corrected chi connectivity index (χ4v) is 1.97. The maximum atomic E-state index is 12.6. The van der Waals surface area contributed by atoms with Crippen molar-refractivity contribution in [3.8, 4) is 0 Å². The monoisotopic (exact) mass is 273 g/mol. The number of halogens is 3. The molecule has 1 heterocycles. The lowest BCUT2D eigenvalue weighted by molar-refractivity contribution is -0.137. The van der Waals surface area contributed by atoms with Gasteiger partial charge in [-0.05, 0) is 37.6 Å². The van der Waals surface area contributed by atoms with Gasteiger partial charge in [0.1, 0.15) is 0 Å². The number of nitrogen functional groups attached to an aromatic ring is 1. The molecule has 1 unspecified atom stereocenters. The summed E-state index contributed by atoms with van der Waals surface area (Å²) in [5.41, 5.74) is 4.85. The molecule has 0 aliphatic carbocycles. The molecule has 1 aliphatic rings. The number of nitrogens with two attached hydrogens (primary N) is 1. The van der Waals surface area contributed by atoms with E-state index in [2.05, 4.69) is 10.6 Å². The van der Waals surface area contributed by atoms with Gasteiger partial charge in [-0.3, -0.25) is 4.79 Å². The summed E-state index contributed by atoms with van der Waals surface area (Å²) in [7, 11) is 0. The average Bonchev–Trinajstić information content (AvgIpc) is 2.84. The Morgan fingerprint density at radius 3 is 2.74 bits per heavy atom. The van der Waals surface area contributed by atoms with Crippen molar-refractivity contribution < 1.29 is 18.0 Å². The van der Waals surface area contributed by atoms with Crippen LogP contribution in [0.2, 0.25) is 0 Å². The molecule has 0 bridgehead atoms. The maximum Gasteiger partial charge on any atom is 0.416 e. The molecule has 1 amide bonds. The van der Waals surface area contributed by atoms with E-state index < -0.39 is 11.7 Å². The highest BCUT2D eigenvalue weighted by Gasteiger charge is 2.31. The smallest absolute Gasteiger partial charge is 0.397 e. The Balaban J connectivity index is 2.17. The van der Waals surface area contributed by atoms with Crippen LogP contribution >= 0.6 is 0 Å². The van der Waals surface area contributed by atoms with Gasteiger partial charge in [0.15, 0.2) is 0 Å². The zero-order valence-corrected chi connectivity index (χ0v) is 10.1. The van der Waals surface area contributed by atoms with Crippen LogP contribution in [0.1, 0.15) is 18.4 Å². The Morgan fingerprint density at radius 2 is 2.16 bits per heavy atom. The van der Waals surface area contributed by atoms with Gasteiger partial charge in [-0.15, -0.1) is 0 Å². The zero-order valence-electron chi connectivity index (χ0n) is 10.1. The van der Waals surface area contributed by atoms with Crippen LogP contribution in [0.25, 0.3) is 0 Å². The van der Waals surface area contributed by atoms with Gasteiger partial charge in [0.05, 0.1) is 23.0 Å². The molecular formula is C12H14F3N3O. The molecule has 2 rings (SSSR count). The molecule has 4 nitrogen and oxygen atoms in total. The Hall–Kier alpha value is -1.76. The van der Waals surface area contributed by atoms with E-state index >= 15 is 0 Å². The lowest BCUT2D eigenvalue weighted by atomic mass is 10.1. The van der Waals surface area contributed by atoms with Crippen molar-refractivity contribution in [1.82, 2.24) is 5.32 Å². The molecule has 0 radical (unpaired) electrons. The lowest BCUT2D eigenvalue weighted by Gasteiger charge is -2.14. The summed E-state index contributed by atoms with van der Waals surface area (Å²) in [6.45, 7) is 0.732. The molecule has 0 aromatic heterocycles. The Labute approximate surface area is 108 Å². The quantitative estimate of drug-likeness (QED) is 0.722. The summed E-state index contributed by atoms with van der Waals surface area (Å²) < 4.78 is 37.7. The van der Waals surface area contributed by atoms with E-state index in [0.717, 1.165) is 31.2 Å². The summed E-state index contributed by atoms with van der Waals surface area (Å²) in [6.07, 6.45) is -2.92. The molecule has 1 fully saturated rings. The predicted molar refractivity (Wildman–Crippen MR) is 65.5 cm³/mol. The summed E-state index contributed by atoms with van der Waals surface area (Å²) in [5, 5.41) is 5.40. The fraction of sp³-hybridized carbons (Fsp3) is 0.417. The number of carbonyl (C=O) groups is 1.